The van der Waals surface area contributed by atoms with Crippen LogP contribution >= 0.6 is 0 Å². The molecule has 0 aliphatic heterocycles. The van der Waals surface area contributed by atoms with E-state index in [2.05, 4.69) is 10.0 Å². The van der Waals surface area contributed by atoms with E-state index in [4.69, 9.17) is 0 Å². The van der Waals surface area contributed by atoms with E-state index in [1.165, 1.54) is 0 Å². The van der Waals surface area contributed by atoms with Gasteiger partial charge >= 0.3 is 0 Å². The lowest BCUT2D eigenvalue weighted by molar-refractivity contribution is 0.0951. The minimum atomic E-state index is -3.36. The second-order valence-corrected chi connectivity index (χ2v) is 6.71. The number of carbonyl (C=O) groups is 1. The average Bonchev–Trinajstić information content (AvgIpc) is 2.29. The van der Waals surface area contributed by atoms with E-state index in [9.17, 15) is 13.2 Å². The minimum Gasteiger partial charge on any atom is -0.351 e. The van der Waals surface area contributed by atoms with Crippen LogP contribution in [0.5, 0.6) is 0 Å². The second-order valence-electron chi connectivity index (χ2n) is 4.96. The van der Waals surface area contributed by atoms with Gasteiger partial charge in [-0.1, -0.05) is 6.07 Å². The Bertz CT molecular complexity index is 583. The molecule has 0 saturated carbocycles. The van der Waals surface area contributed by atoms with Gasteiger partial charge in [0.15, 0.2) is 0 Å². The summed E-state index contributed by atoms with van der Waals surface area (Å²) in [6, 6.07) is 4.93. The Hall–Kier alpha value is -1.60. The van der Waals surface area contributed by atoms with E-state index >= 15 is 0 Å². The summed E-state index contributed by atoms with van der Waals surface area (Å²) >= 11 is 0. The Morgan fingerprint density at radius 1 is 1.30 bits per heavy atom. The molecule has 1 rings (SSSR count). The first-order chi connectivity index (χ1) is 9.19. The number of hydrogen-bond acceptors (Lipinski definition) is 4. The molecule has 20 heavy (non-hydrogen) atoms. The summed E-state index contributed by atoms with van der Waals surface area (Å²) in [5.74, 6) is -0.219. The lowest BCUT2D eigenvalue weighted by Gasteiger charge is -2.12. The van der Waals surface area contributed by atoms with Gasteiger partial charge in [-0.15, -0.1) is 0 Å². The Labute approximate surface area is 120 Å². The van der Waals surface area contributed by atoms with Crippen LogP contribution in [0.1, 0.15) is 15.9 Å². The molecular weight excluding hydrogens is 278 g/mol. The molecule has 0 spiro atoms. The molecule has 6 nitrogen and oxygen atoms in total. The highest BCUT2D eigenvalue weighted by atomic mass is 32.2. The summed E-state index contributed by atoms with van der Waals surface area (Å²) in [5, 5.41) is 2.78. The van der Waals surface area contributed by atoms with Crippen LogP contribution < -0.4 is 10.0 Å². The lowest BCUT2D eigenvalue weighted by Crippen LogP contribution is -2.31. The zero-order valence-corrected chi connectivity index (χ0v) is 13.0. The van der Waals surface area contributed by atoms with Crippen LogP contribution in [-0.2, 0) is 10.0 Å². The molecule has 0 unspecified atom stereocenters. The molecule has 112 valence electrons. The maximum absolute atomic E-state index is 11.9. The van der Waals surface area contributed by atoms with E-state index < -0.39 is 10.0 Å². The van der Waals surface area contributed by atoms with Crippen LogP contribution in [0.3, 0.4) is 0 Å². The Morgan fingerprint density at radius 2 is 1.95 bits per heavy atom. The number of likely N-dealkylation sites (N-methyl/N-ethyl adjacent to an activating group) is 1. The van der Waals surface area contributed by atoms with Crippen molar-refractivity contribution < 1.29 is 13.2 Å². The summed E-state index contributed by atoms with van der Waals surface area (Å²) in [5.41, 5.74) is 1.62. The van der Waals surface area contributed by atoms with Gasteiger partial charge in [0.1, 0.15) is 0 Å². The molecule has 0 atom stereocenters. The molecule has 7 heteroatoms. The fraction of sp³-hybridized carbons (Fsp3) is 0.462. The fourth-order valence-corrected chi connectivity index (χ4v) is 2.19. The van der Waals surface area contributed by atoms with Crippen LogP contribution in [-0.4, -0.2) is 52.7 Å². The third kappa shape index (κ3) is 5.58. The van der Waals surface area contributed by atoms with Gasteiger partial charge in [0, 0.05) is 18.7 Å². The summed E-state index contributed by atoms with van der Waals surface area (Å²) in [6.07, 6.45) is 1.08. The predicted octanol–water partition coefficient (Wildman–Crippen LogP) is 0.658. The smallest absolute Gasteiger partial charge is 0.251 e. The second kappa shape index (κ2) is 6.71. The van der Waals surface area contributed by atoms with Crippen molar-refractivity contribution in [3.63, 3.8) is 0 Å². The van der Waals surface area contributed by atoms with Gasteiger partial charge in [-0.25, -0.2) is 8.42 Å². The van der Waals surface area contributed by atoms with Gasteiger partial charge in [0.05, 0.1) is 11.9 Å². The van der Waals surface area contributed by atoms with Gasteiger partial charge in [0.2, 0.25) is 10.0 Å². The predicted molar refractivity (Wildman–Crippen MR) is 80.5 cm³/mol. The lowest BCUT2D eigenvalue weighted by atomic mass is 10.1. The van der Waals surface area contributed by atoms with E-state index in [-0.39, 0.29) is 5.91 Å². The first-order valence-corrected chi connectivity index (χ1v) is 8.09. The number of aryl methyl sites for hydroxylation is 1. The van der Waals surface area contributed by atoms with Gasteiger partial charge in [-0.2, -0.15) is 0 Å². The number of nitrogens with zero attached hydrogens (tertiary/aromatic N) is 1. The van der Waals surface area contributed by atoms with Crippen molar-refractivity contribution in [3.05, 3.63) is 29.3 Å². The topological polar surface area (TPSA) is 78.5 Å². The van der Waals surface area contributed by atoms with Crippen LogP contribution in [0, 0.1) is 6.92 Å². The molecule has 1 aromatic carbocycles. The molecular formula is C13H21N3O3S. The molecule has 0 radical (unpaired) electrons. The van der Waals surface area contributed by atoms with Gasteiger partial charge in [0.25, 0.3) is 5.91 Å². The Balaban J connectivity index is 2.81. The Morgan fingerprint density at radius 3 is 2.50 bits per heavy atom. The van der Waals surface area contributed by atoms with Crippen LogP contribution in [0.25, 0.3) is 0 Å². The molecule has 1 aromatic rings. The van der Waals surface area contributed by atoms with Crippen LogP contribution in [0.4, 0.5) is 5.69 Å². The van der Waals surface area contributed by atoms with Crippen molar-refractivity contribution in [2.24, 2.45) is 0 Å². The summed E-state index contributed by atoms with van der Waals surface area (Å²) in [6.45, 7) is 3.06. The molecule has 0 aromatic heterocycles. The van der Waals surface area contributed by atoms with E-state index in [1.54, 1.807) is 25.1 Å². The molecule has 0 fully saturated rings. The van der Waals surface area contributed by atoms with Crippen molar-refractivity contribution in [2.45, 2.75) is 6.92 Å². The van der Waals surface area contributed by atoms with Crippen molar-refractivity contribution in [1.29, 1.82) is 0 Å². The average molecular weight is 299 g/mol. The first-order valence-electron chi connectivity index (χ1n) is 6.20. The number of sulfonamides is 1. The number of anilines is 1. The Kier molecular flexibility index (Phi) is 5.52. The van der Waals surface area contributed by atoms with Crippen molar-refractivity contribution in [1.82, 2.24) is 10.2 Å². The highest BCUT2D eigenvalue weighted by Crippen LogP contribution is 2.17. The molecule has 0 aliphatic rings. The highest BCUT2D eigenvalue weighted by Gasteiger charge is 2.10. The number of nitrogens with one attached hydrogen (secondary N) is 2. The van der Waals surface area contributed by atoms with Crippen LogP contribution in [0.15, 0.2) is 18.2 Å². The zero-order chi connectivity index (χ0) is 15.3. The zero-order valence-electron chi connectivity index (χ0n) is 12.2. The first kappa shape index (κ1) is 16.5. The summed E-state index contributed by atoms with van der Waals surface area (Å²) in [4.78, 5) is 13.9. The van der Waals surface area contributed by atoms with Crippen LogP contribution in [0.2, 0.25) is 0 Å². The largest absolute Gasteiger partial charge is 0.351 e. The third-order valence-electron chi connectivity index (χ3n) is 2.64. The van der Waals surface area contributed by atoms with Crippen molar-refractivity contribution in [3.8, 4) is 0 Å². The maximum atomic E-state index is 11.9. The van der Waals surface area contributed by atoms with E-state index in [0.29, 0.717) is 17.8 Å². The SMILES string of the molecule is Cc1ccc(C(=O)NCCN(C)C)cc1NS(C)(=O)=O. The molecule has 0 aliphatic carbocycles. The monoisotopic (exact) mass is 299 g/mol. The minimum absolute atomic E-state index is 0.219. The van der Waals surface area contributed by atoms with E-state index in [0.717, 1.165) is 18.4 Å². The number of benzene rings is 1. The number of carbonyl (C=O) groups excluding carboxylic acids is 1. The molecule has 0 bridgehead atoms. The number of amides is 1. The van der Waals surface area contributed by atoms with E-state index in [1.807, 2.05) is 19.0 Å². The number of hydrogen-bond donors (Lipinski definition) is 2. The van der Waals surface area contributed by atoms with Gasteiger partial charge < -0.3 is 10.2 Å². The van der Waals surface area contributed by atoms with Gasteiger partial charge in [-0.05, 0) is 38.7 Å². The molecule has 1 amide bonds. The van der Waals surface area contributed by atoms with Gasteiger partial charge in [-0.3, -0.25) is 9.52 Å². The maximum Gasteiger partial charge on any atom is 0.251 e. The fourth-order valence-electron chi connectivity index (χ4n) is 1.57. The van der Waals surface area contributed by atoms with Crippen molar-refractivity contribution >= 4 is 21.6 Å². The summed E-state index contributed by atoms with van der Waals surface area (Å²) < 4.78 is 24.9. The molecule has 0 saturated heterocycles. The molecule has 2 N–H and O–H groups in total. The van der Waals surface area contributed by atoms with Crippen molar-refractivity contribution in [2.75, 3.05) is 38.2 Å². The quantitative estimate of drug-likeness (QED) is 0.809. The summed E-state index contributed by atoms with van der Waals surface area (Å²) in [7, 11) is 0.487. The number of rotatable bonds is 6. The standard InChI is InChI=1S/C13H21N3O3S/c1-10-5-6-11(9-12(10)15-20(4,18)19)13(17)14-7-8-16(2)3/h5-6,9,15H,7-8H2,1-4H3,(H,14,17). The normalized spacial score (nSPS) is 11.4. The highest BCUT2D eigenvalue weighted by molar-refractivity contribution is 7.92. The molecule has 0 heterocycles. The third-order valence-corrected chi connectivity index (χ3v) is 3.23.